The number of amides is 3. The number of carbonyl (C=O) groups excluding carboxylic acids is 2. The quantitative estimate of drug-likeness (QED) is 0.354. The molecule has 9 nitrogen and oxygen atoms in total. The van der Waals surface area contributed by atoms with Crippen LogP contribution in [0, 0.1) is 0 Å². The molecule has 1 atom stereocenters. The molecule has 2 fully saturated rings. The van der Waals surface area contributed by atoms with Gasteiger partial charge in [-0.25, -0.2) is 4.79 Å². The van der Waals surface area contributed by atoms with Crippen molar-refractivity contribution in [3.63, 3.8) is 0 Å². The summed E-state index contributed by atoms with van der Waals surface area (Å²) in [5.74, 6) is 1.36. The second-order valence-corrected chi connectivity index (χ2v) is 7.10. The minimum atomic E-state index is -0.343. The minimum absolute atomic E-state index is 0.0725. The average molecular weight is 402 g/mol. The molecular weight excluding hydrogens is 372 g/mol. The summed E-state index contributed by atoms with van der Waals surface area (Å²) < 4.78 is 5.34. The molecule has 0 aromatic heterocycles. The second kappa shape index (κ2) is 9.99. The third-order valence-corrected chi connectivity index (χ3v) is 5.06. The van der Waals surface area contributed by atoms with E-state index >= 15 is 0 Å². The molecule has 1 aromatic carbocycles. The fourth-order valence-corrected chi connectivity index (χ4v) is 3.59. The normalized spacial score (nSPS) is 19.9. The van der Waals surface area contributed by atoms with Crippen LogP contribution in [0.1, 0.15) is 19.8 Å². The van der Waals surface area contributed by atoms with E-state index in [1.165, 1.54) is 4.90 Å². The van der Waals surface area contributed by atoms with Crippen LogP contribution in [0.4, 0.5) is 10.5 Å². The van der Waals surface area contributed by atoms with E-state index < -0.39 is 0 Å². The van der Waals surface area contributed by atoms with Gasteiger partial charge in [0.1, 0.15) is 5.75 Å². The summed E-state index contributed by atoms with van der Waals surface area (Å²) in [7, 11) is 1.68. The van der Waals surface area contributed by atoms with E-state index in [9.17, 15) is 9.59 Å². The molecule has 29 heavy (non-hydrogen) atoms. The van der Waals surface area contributed by atoms with Gasteiger partial charge in [-0.2, -0.15) is 0 Å². The maximum atomic E-state index is 11.7. The van der Waals surface area contributed by atoms with E-state index in [1.807, 2.05) is 19.1 Å². The molecule has 0 spiro atoms. The number of benzene rings is 1. The van der Waals surface area contributed by atoms with Gasteiger partial charge in [0, 0.05) is 37.4 Å². The van der Waals surface area contributed by atoms with Gasteiger partial charge in [-0.05, 0) is 31.9 Å². The highest BCUT2D eigenvalue weighted by molar-refractivity contribution is 6.01. The van der Waals surface area contributed by atoms with Crippen molar-refractivity contribution in [3.8, 4) is 5.75 Å². The number of imide groups is 1. The number of piperidine rings is 1. The van der Waals surface area contributed by atoms with Gasteiger partial charge in [0.15, 0.2) is 5.96 Å². The van der Waals surface area contributed by atoms with Crippen molar-refractivity contribution in [1.29, 1.82) is 0 Å². The Bertz CT molecular complexity index is 737. The Morgan fingerprint density at radius 2 is 2.24 bits per heavy atom. The lowest BCUT2D eigenvalue weighted by atomic mass is 10.0. The largest absolute Gasteiger partial charge is 0.497 e. The SMILES string of the molecule is CCNC(=NCCN1C(=O)CNC1=O)NC1CCCN(c2cccc(OC)c2)C1. The summed E-state index contributed by atoms with van der Waals surface area (Å²) in [4.78, 5) is 31.4. The van der Waals surface area contributed by atoms with Crippen LogP contribution in [0.5, 0.6) is 5.75 Å². The Balaban J connectivity index is 1.57. The number of nitrogens with zero attached hydrogens (tertiary/aromatic N) is 3. The molecule has 0 aliphatic carbocycles. The smallest absolute Gasteiger partial charge is 0.324 e. The topological polar surface area (TPSA) is 98.3 Å². The number of urea groups is 1. The zero-order valence-corrected chi connectivity index (χ0v) is 17.1. The molecule has 3 rings (SSSR count). The number of methoxy groups -OCH3 is 1. The molecule has 1 unspecified atom stereocenters. The first-order valence-corrected chi connectivity index (χ1v) is 10.1. The third-order valence-electron chi connectivity index (χ3n) is 5.06. The van der Waals surface area contributed by atoms with E-state index in [0.717, 1.165) is 43.9 Å². The Morgan fingerprint density at radius 3 is 2.97 bits per heavy atom. The van der Waals surface area contributed by atoms with Gasteiger partial charge in [-0.3, -0.25) is 14.7 Å². The molecule has 2 heterocycles. The lowest BCUT2D eigenvalue weighted by Gasteiger charge is -2.35. The van der Waals surface area contributed by atoms with Gasteiger partial charge < -0.3 is 25.6 Å². The van der Waals surface area contributed by atoms with Crippen LogP contribution in [0.25, 0.3) is 0 Å². The van der Waals surface area contributed by atoms with E-state index in [1.54, 1.807) is 7.11 Å². The number of hydrogen-bond acceptors (Lipinski definition) is 5. The van der Waals surface area contributed by atoms with Gasteiger partial charge in [0.25, 0.3) is 0 Å². The molecule has 0 radical (unpaired) electrons. The Labute approximate surface area is 171 Å². The third kappa shape index (κ3) is 5.52. The van der Waals surface area contributed by atoms with Crippen LogP contribution in [0.2, 0.25) is 0 Å². The van der Waals surface area contributed by atoms with Crippen LogP contribution in [0.15, 0.2) is 29.3 Å². The standard InChI is InChI=1S/C20H30N6O3/c1-3-21-19(22-9-11-26-18(27)13-23-20(26)28)24-15-6-5-10-25(14-15)16-7-4-8-17(12-16)29-2/h4,7-8,12,15H,3,5-6,9-11,13-14H2,1-2H3,(H,23,28)(H2,21,22,24). The molecule has 3 amide bonds. The highest BCUT2D eigenvalue weighted by atomic mass is 16.5. The van der Waals surface area contributed by atoms with Gasteiger partial charge in [0.2, 0.25) is 5.91 Å². The monoisotopic (exact) mass is 402 g/mol. The van der Waals surface area contributed by atoms with Crippen LogP contribution in [-0.2, 0) is 4.79 Å². The zero-order valence-electron chi connectivity index (χ0n) is 17.1. The number of nitrogens with one attached hydrogen (secondary N) is 3. The number of aliphatic imine (C=N–C) groups is 1. The van der Waals surface area contributed by atoms with Crippen molar-refractivity contribution >= 4 is 23.6 Å². The van der Waals surface area contributed by atoms with E-state index in [-0.39, 0.29) is 31.1 Å². The van der Waals surface area contributed by atoms with Gasteiger partial charge in [0.05, 0.1) is 26.7 Å². The molecule has 2 saturated heterocycles. The predicted octanol–water partition coefficient (Wildman–Crippen LogP) is 0.771. The van der Waals surface area contributed by atoms with Gasteiger partial charge >= 0.3 is 6.03 Å². The number of ether oxygens (including phenoxy) is 1. The Kier molecular flexibility index (Phi) is 7.15. The summed E-state index contributed by atoms with van der Waals surface area (Å²) in [6, 6.07) is 8.02. The van der Waals surface area contributed by atoms with Crippen molar-refractivity contribution in [3.05, 3.63) is 24.3 Å². The molecule has 2 aliphatic rings. The van der Waals surface area contributed by atoms with Crippen molar-refractivity contribution < 1.29 is 14.3 Å². The number of hydrogen-bond donors (Lipinski definition) is 3. The van der Waals surface area contributed by atoms with E-state index in [2.05, 4.69) is 38.0 Å². The second-order valence-electron chi connectivity index (χ2n) is 7.10. The van der Waals surface area contributed by atoms with Crippen molar-refractivity contribution in [2.75, 3.05) is 51.3 Å². The fraction of sp³-hybridized carbons (Fsp3) is 0.550. The molecule has 9 heteroatoms. The minimum Gasteiger partial charge on any atom is -0.497 e. The molecular formula is C20H30N6O3. The molecule has 158 valence electrons. The number of anilines is 1. The van der Waals surface area contributed by atoms with Crippen LogP contribution >= 0.6 is 0 Å². The number of carbonyl (C=O) groups is 2. The highest BCUT2D eigenvalue weighted by Crippen LogP contribution is 2.24. The number of rotatable bonds is 7. The highest BCUT2D eigenvalue weighted by Gasteiger charge is 2.27. The summed E-state index contributed by atoms with van der Waals surface area (Å²) in [5.41, 5.74) is 1.15. The predicted molar refractivity (Wildman–Crippen MR) is 112 cm³/mol. The Hall–Kier alpha value is -2.97. The van der Waals surface area contributed by atoms with Crippen LogP contribution in [0.3, 0.4) is 0 Å². The van der Waals surface area contributed by atoms with E-state index in [0.29, 0.717) is 12.5 Å². The summed E-state index contributed by atoms with van der Waals surface area (Å²) >= 11 is 0. The lowest BCUT2D eigenvalue weighted by Crippen LogP contribution is -2.51. The van der Waals surface area contributed by atoms with Crippen molar-refractivity contribution in [2.45, 2.75) is 25.8 Å². The molecule has 2 aliphatic heterocycles. The van der Waals surface area contributed by atoms with Gasteiger partial charge in [-0.1, -0.05) is 6.07 Å². The van der Waals surface area contributed by atoms with Crippen LogP contribution in [-0.4, -0.2) is 75.2 Å². The first-order valence-electron chi connectivity index (χ1n) is 10.1. The van der Waals surface area contributed by atoms with Crippen LogP contribution < -0.4 is 25.6 Å². The zero-order chi connectivity index (χ0) is 20.6. The Morgan fingerprint density at radius 1 is 1.38 bits per heavy atom. The maximum absolute atomic E-state index is 11.7. The first-order chi connectivity index (χ1) is 14.1. The lowest BCUT2D eigenvalue weighted by molar-refractivity contribution is -0.124. The fourth-order valence-electron chi connectivity index (χ4n) is 3.59. The summed E-state index contributed by atoms with van der Waals surface area (Å²) in [5, 5.41) is 9.26. The molecule has 0 bridgehead atoms. The number of guanidine groups is 1. The van der Waals surface area contributed by atoms with Gasteiger partial charge in [-0.15, -0.1) is 0 Å². The average Bonchev–Trinajstić information content (AvgIpc) is 3.06. The first kappa shape index (κ1) is 20.8. The van der Waals surface area contributed by atoms with Crippen molar-refractivity contribution in [2.24, 2.45) is 4.99 Å². The molecule has 3 N–H and O–H groups in total. The molecule has 0 saturated carbocycles. The summed E-state index contributed by atoms with van der Waals surface area (Å²) in [6.07, 6.45) is 2.13. The maximum Gasteiger partial charge on any atom is 0.324 e. The molecule has 1 aromatic rings. The van der Waals surface area contributed by atoms with Crippen molar-refractivity contribution in [1.82, 2.24) is 20.9 Å². The van der Waals surface area contributed by atoms with E-state index in [4.69, 9.17) is 4.74 Å². The summed E-state index contributed by atoms with van der Waals surface area (Å²) in [6.45, 7) is 5.33.